The maximum Gasteiger partial charge on any atom is 0.488 e. The van der Waals surface area contributed by atoms with Gasteiger partial charge in [-0.05, 0) is 110 Å². The van der Waals surface area contributed by atoms with E-state index >= 15 is 0 Å². The summed E-state index contributed by atoms with van der Waals surface area (Å²) in [6.07, 6.45) is 0.188. The number of likely N-dealkylation sites (N-methyl/N-ethyl adjacent to an activating group) is 2. The summed E-state index contributed by atoms with van der Waals surface area (Å²) < 4.78 is 13.4. The van der Waals surface area contributed by atoms with Crippen LogP contribution in [-0.4, -0.2) is 113 Å². The Hall–Kier alpha value is -7.80. The summed E-state index contributed by atoms with van der Waals surface area (Å²) in [6.45, 7) is 10.5. The second kappa shape index (κ2) is 23.0. The molecule has 0 aromatic heterocycles. The van der Waals surface area contributed by atoms with Crippen LogP contribution in [0, 0.1) is 0 Å². The molecule has 0 saturated heterocycles. The monoisotopic (exact) mass is 1090 g/mol. The fourth-order valence-corrected chi connectivity index (χ4v) is 10.3. The van der Waals surface area contributed by atoms with Crippen molar-refractivity contribution in [3.63, 3.8) is 0 Å². The predicted octanol–water partition coefficient (Wildman–Crippen LogP) is 7.14. The number of aliphatic imine (C=N–C) groups is 2. The zero-order valence-electron chi connectivity index (χ0n) is 43.4. The Bertz CT molecular complexity index is 3160. The van der Waals surface area contributed by atoms with Crippen molar-refractivity contribution in [3.8, 4) is 22.6 Å². The number of nitrogens with two attached hydrogens (primary N) is 2. The van der Waals surface area contributed by atoms with Crippen LogP contribution < -0.4 is 26.4 Å². The van der Waals surface area contributed by atoms with E-state index < -0.39 is 18.2 Å². The molecule has 4 unspecified atom stereocenters. The number of hydrogen-bond donors (Lipinski definition) is 4. The molecule has 0 bridgehead atoms. The summed E-state index contributed by atoms with van der Waals surface area (Å²) in [5.74, 6) is 1.41. The molecular weight excluding hydrogens is 1030 g/mol. The zero-order chi connectivity index (χ0) is 54.5. The number of ether oxygens (including phenoxy) is 2. The van der Waals surface area contributed by atoms with Gasteiger partial charge in [0.15, 0.2) is 23.0 Å². The Labute approximate surface area is 451 Å². The standard InChI is InChI=1S/C29H30N4O3.C18H16BrN3O2.C11H16BNO3/c1-4-33(5-2)26(34)21-13-11-19(12-14-21)22-15-16-24-23(17-22)29(27(35)32(3)28(30)31-29)18-25(36-24)20-9-7-6-8-10-20;1-22-16(23)18(21-17(22)20)10-15(11-5-3-2-4-6-11)24-14-8-7-12(19)9-13(14)18;1-3-13(4-2)11(14)9-5-7-10(8-6-9)12(15)16/h6-17,25H,4-5,18H2,1-3H3,(H2,30,31);2-9,15H,10H2,1H3,(H2,20,21);5-8,15-16H,3-4H2,1-2H3. The van der Waals surface area contributed by atoms with Crippen LogP contribution in [0.3, 0.4) is 0 Å². The lowest BCUT2D eigenvalue weighted by atomic mass is 9.79. The molecule has 4 heterocycles. The van der Waals surface area contributed by atoms with Gasteiger partial charge in [-0.15, -0.1) is 0 Å². The van der Waals surface area contributed by atoms with E-state index in [0.29, 0.717) is 72.7 Å². The molecule has 4 aliphatic rings. The Balaban J connectivity index is 0.000000165. The number of carbonyl (C=O) groups excluding carboxylic acids is 4. The van der Waals surface area contributed by atoms with Crippen LogP contribution in [0.4, 0.5) is 0 Å². The summed E-state index contributed by atoms with van der Waals surface area (Å²) >= 11 is 3.47. The first-order valence-electron chi connectivity index (χ1n) is 25.3. The van der Waals surface area contributed by atoms with Crippen LogP contribution in [0.2, 0.25) is 0 Å². The average Bonchev–Trinajstić information content (AvgIpc) is 3.80. The molecule has 18 heteroatoms. The highest BCUT2D eigenvalue weighted by molar-refractivity contribution is 9.10. The summed E-state index contributed by atoms with van der Waals surface area (Å²) in [5, 5.41) is 17.8. The number of benzene rings is 6. The summed E-state index contributed by atoms with van der Waals surface area (Å²) in [5.41, 5.74) is 16.8. The number of amides is 4. The van der Waals surface area contributed by atoms with Crippen molar-refractivity contribution in [1.82, 2.24) is 19.6 Å². The largest absolute Gasteiger partial charge is 0.488 e. The molecule has 2 spiro atoms. The SMILES string of the molecule is CCN(CC)C(=O)c1ccc(-c2ccc3c(c2)C2(CC(c4ccccc4)O3)N=C(N)N(C)C2=O)cc1.CCN(CC)C(=O)c1ccc(B(O)O)cc1.CN1C(=O)C2(CC(c3ccccc3)Oc3ccc(Br)cc32)N=C1N. The second-order valence-corrected chi connectivity index (χ2v) is 19.6. The first-order valence-corrected chi connectivity index (χ1v) is 26.1. The molecule has 76 heavy (non-hydrogen) atoms. The van der Waals surface area contributed by atoms with E-state index in [1.165, 1.54) is 9.80 Å². The average molecular weight is 1090 g/mol. The van der Waals surface area contributed by atoms with Gasteiger partial charge in [-0.1, -0.05) is 107 Å². The van der Waals surface area contributed by atoms with E-state index in [4.69, 9.17) is 36.0 Å². The van der Waals surface area contributed by atoms with Crippen LogP contribution >= 0.6 is 15.9 Å². The molecule has 10 rings (SSSR count). The van der Waals surface area contributed by atoms with Gasteiger partial charge in [0.1, 0.15) is 23.7 Å². The van der Waals surface area contributed by atoms with Gasteiger partial charge in [-0.2, -0.15) is 0 Å². The molecule has 6 N–H and O–H groups in total. The van der Waals surface area contributed by atoms with Crippen LogP contribution in [0.5, 0.6) is 11.5 Å². The predicted molar refractivity (Wildman–Crippen MR) is 298 cm³/mol. The Morgan fingerprint density at radius 2 is 1.00 bits per heavy atom. The fraction of sp³-hybridized carbons (Fsp3) is 0.276. The number of nitrogens with zero attached hydrogens (tertiary/aromatic N) is 6. The van der Waals surface area contributed by atoms with Crippen LogP contribution in [-0.2, 0) is 20.7 Å². The first-order chi connectivity index (χ1) is 36.5. The number of carbonyl (C=O) groups is 4. The minimum absolute atomic E-state index is 0.0145. The van der Waals surface area contributed by atoms with Gasteiger partial charge in [-0.25, -0.2) is 9.98 Å². The first kappa shape index (κ1) is 54.5. The van der Waals surface area contributed by atoms with E-state index in [9.17, 15) is 19.2 Å². The van der Waals surface area contributed by atoms with E-state index in [1.807, 2.05) is 149 Å². The fourth-order valence-electron chi connectivity index (χ4n) is 9.92. The minimum atomic E-state index is -1.49. The molecule has 0 radical (unpaired) electrons. The highest BCUT2D eigenvalue weighted by atomic mass is 79.9. The normalized spacial score (nSPS) is 19.9. The maximum atomic E-state index is 13.6. The van der Waals surface area contributed by atoms with Gasteiger partial charge >= 0.3 is 7.12 Å². The molecule has 4 amide bonds. The third-order valence-corrected chi connectivity index (χ3v) is 14.8. The van der Waals surface area contributed by atoms with Crippen molar-refractivity contribution >= 4 is 64.1 Å². The third kappa shape index (κ3) is 10.7. The molecule has 0 fully saturated rings. The van der Waals surface area contributed by atoms with Gasteiger partial charge in [-0.3, -0.25) is 29.0 Å². The minimum Gasteiger partial charge on any atom is -0.485 e. The topological polar surface area (TPSA) is 217 Å². The summed E-state index contributed by atoms with van der Waals surface area (Å²) in [6, 6.07) is 45.1. The van der Waals surface area contributed by atoms with Crippen molar-refractivity contribution in [2.45, 2.75) is 63.8 Å². The van der Waals surface area contributed by atoms with E-state index in [1.54, 1.807) is 48.2 Å². The van der Waals surface area contributed by atoms with Crippen molar-refractivity contribution in [2.75, 3.05) is 40.3 Å². The quantitative estimate of drug-likeness (QED) is 0.102. The highest BCUT2D eigenvalue weighted by Crippen LogP contribution is 2.52. The number of fused-ring (bicyclic) bond motifs is 4. The van der Waals surface area contributed by atoms with Crippen molar-refractivity contribution in [1.29, 1.82) is 0 Å². The number of halogens is 1. The highest BCUT2D eigenvalue weighted by Gasteiger charge is 2.55. The number of hydrogen-bond acceptors (Lipinski definition) is 12. The molecule has 0 aliphatic carbocycles. The molecule has 16 nitrogen and oxygen atoms in total. The third-order valence-electron chi connectivity index (χ3n) is 14.3. The molecule has 0 saturated carbocycles. The van der Waals surface area contributed by atoms with Gasteiger partial charge in [0.25, 0.3) is 23.6 Å². The summed E-state index contributed by atoms with van der Waals surface area (Å²) in [4.78, 5) is 66.8. The van der Waals surface area contributed by atoms with Crippen molar-refractivity contribution in [2.24, 2.45) is 21.5 Å². The smallest absolute Gasteiger partial charge is 0.485 e. The van der Waals surface area contributed by atoms with Gasteiger partial charge in [0.2, 0.25) is 0 Å². The Kier molecular flexibility index (Phi) is 16.5. The van der Waals surface area contributed by atoms with Crippen molar-refractivity contribution in [3.05, 3.63) is 183 Å². The molecule has 6 aromatic carbocycles. The van der Waals surface area contributed by atoms with Gasteiger partial charge < -0.3 is 40.8 Å². The zero-order valence-corrected chi connectivity index (χ0v) is 45.0. The van der Waals surface area contributed by atoms with Crippen LogP contribution in [0.25, 0.3) is 11.1 Å². The van der Waals surface area contributed by atoms with Crippen LogP contribution in [0.1, 0.15) is 95.7 Å². The Morgan fingerprint density at radius 3 is 1.39 bits per heavy atom. The van der Waals surface area contributed by atoms with Gasteiger partial charge in [0, 0.05) is 79.8 Å². The lowest BCUT2D eigenvalue weighted by Gasteiger charge is -2.37. The number of rotatable bonds is 10. The molecule has 4 atom stereocenters. The van der Waals surface area contributed by atoms with Crippen LogP contribution in [0.15, 0.2) is 160 Å². The number of guanidine groups is 2. The molecule has 392 valence electrons. The molecular formula is C58H62BBrN8O8. The summed E-state index contributed by atoms with van der Waals surface area (Å²) in [7, 11) is 1.82. The molecule has 4 aliphatic heterocycles. The molecule has 6 aromatic rings. The van der Waals surface area contributed by atoms with Gasteiger partial charge in [0.05, 0.1) is 0 Å². The lowest BCUT2D eigenvalue weighted by molar-refractivity contribution is -0.133. The Morgan fingerprint density at radius 1 is 0.605 bits per heavy atom. The van der Waals surface area contributed by atoms with Crippen molar-refractivity contribution < 1.29 is 38.7 Å². The van der Waals surface area contributed by atoms with E-state index in [0.717, 1.165) is 32.3 Å². The second-order valence-electron chi connectivity index (χ2n) is 18.7. The van der Waals surface area contributed by atoms with E-state index in [2.05, 4.69) is 20.9 Å². The lowest BCUT2D eigenvalue weighted by Crippen LogP contribution is -2.43. The maximum absolute atomic E-state index is 13.6. The van der Waals surface area contributed by atoms with E-state index in [-0.39, 0.29) is 47.8 Å².